The van der Waals surface area contributed by atoms with Crippen LogP contribution in [0.2, 0.25) is 5.02 Å². The molecule has 1 N–H and O–H groups in total. The van der Waals surface area contributed by atoms with Crippen LogP contribution in [0, 0.1) is 19.8 Å². The number of aryl methyl sites for hydroxylation is 2. The van der Waals surface area contributed by atoms with Gasteiger partial charge in [0.15, 0.2) is 6.61 Å². The Labute approximate surface area is 202 Å². The first-order valence-electron chi connectivity index (χ1n) is 11.3. The molecule has 0 spiro atoms. The van der Waals surface area contributed by atoms with Crippen molar-refractivity contribution < 1.29 is 19.1 Å². The second kappa shape index (κ2) is 12.5. The lowest BCUT2D eigenvalue weighted by molar-refractivity contribution is -0.143. The zero-order valence-corrected chi connectivity index (χ0v) is 21.2. The van der Waals surface area contributed by atoms with Crippen LogP contribution in [0.4, 0.5) is 0 Å². The number of hydrogen-bond acceptors (Lipinski definition) is 4. The van der Waals surface area contributed by atoms with E-state index >= 15 is 0 Å². The van der Waals surface area contributed by atoms with Gasteiger partial charge >= 0.3 is 0 Å². The van der Waals surface area contributed by atoms with Crippen molar-refractivity contribution in [3.8, 4) is 11.5 Å². The zero-order valence-electron chi connectivity index (χ0n) is 20.4. The maximum absolute atomic E-state index is 13.3. The van der Waals surface area contributed by atoms with Gasteiger partial charge in [-0.05, 0) is 67.1 Å². The van der Waals surface area contributed by atoms with E-state index in [9.17, 15) is 9.59 Å². The Balaban J connectivity index is 2.25. The molecule has 2 amide bonds. The summed E-state index contributed by atoms with van der Waals surface area (Å²) in [5.74, 6) is 1.14. The molecule has 33 heavy (non-hydrogen) atoms. The Bertz CT molecular complexity index is 938. The highest BCUT2D eigenvalue weighted by Crippen LogP contribution is 2.26. The Morgan fingerprint density at radius 2 is 1.76 bits per heavy atom. The third-order valence-electron chi connectivity index (χ3n) is 5.33. The van der Waals surface area contributed by atoms with Crippen LogP contribution in [0.25, 0.3) is 0 Å². The largest absolute Gasteiger partial charge is 0.497 e. The van der Waals surface area contributed by atoms with Crippen LogP contribution in [0.15, 0.2) is 36.4 Å². The molecule has 0 saturated carbocycles. The lowest BCUT2D eigenvalue weighted by Gasteiger charge is -2.31. The predicted octanol–water partition coefficient (Wildman–Crippen LogP) is 4.92. The van der Waals surface area contributed by atoms with Crippen molar-refractivity contribution in [1.29, 1.82) is 0 Å². The molecule has 0 fully saturated rings. The highest BCUT2D eigenvalue weighted by Gasteiger charge is 2.29. The van der Waals surface area contributed by atoms with Gasteiger partial charge in [0.1, 0.15) is 17.5 Å². The lowest BCUT2D eigenvalue weighted by Crippen LogP contribution is -2.50. The standard InChI is InChI=1S/C26H35ClN2O4/c1-7-23(26(31)28-14-17(2)3)29(15-20-9-8-10-21(13-20)32-6)24(30)16-33-22-11-18(4)25(27)19(5)12-22/h8-13,17,23H,7,14-16H2,1-6H3,(H,28,31). The summed E-state index contributed by atoms with van der Waals surface area (Å²) in [7, 11) is 1.60. The molecule has 0 saturated heterocycles. The number of carbonyl (C=O) groups excluding carboxylic acids is 2. The van der Waals surface area contributed by atoms with E-state index in [0.717, 1.165) is 16.7 Å². The first-order chi connectivity index (χ1) is 15.7. The normalized spacial score (nSPS) is 11.8. The van der Waals surface area contributed by atoms with E-state index in [0.29, 0.717) is 35.4 Å². The van der Waals surface area contributed by atoms with E-state index in [1.165, 1.54) is 0 Å². The number of nitrogens with one attached hydrogen (secondary N) is 1. The van der Waals surface area contributed by atoms with Gasteiger partial charge in [-0.25, -0.2) is 0 Å². The summed E-state index contributed by atoms with van der Waals surface area (Å²) in [5, 5.41) is 3.64. The average molecular weight is 475 g/mol. The lowest BCUT2D eigenvalue weighted by atomic mass is 10.1. The van der Waals surface area contributed by atoms with Gasteiger partial charge in [-0.3, -0.25) is 9.59 Å². The molecule has 0 heterocycles. The molecule has 1 atom stereocenters. The summed E-state index contributed by atoms with van der Waals surface area (Å²) in [6.07, 6.45) is 0.485. The molecule has 6 nitrogen and oxygen atoms in total. The molecule has 2 aromatic carbocycles. The molecule has 1 unspecified atom stereocenters. The van der Waals surface area contributed by atoms with E-state index in [1.807, 2.05) is 71.0 Å². The molecular weight excluding hydrogens is 440 g/mol. The van der Waals surface area contributed by atoms with E-state index < -0.39 is 6.04 Å². The van der Waals surface area contributed by atoms with Crippen LogP contribution in [-0.4, -0.2) is 43.0 Å². The summed E-state index contributed by atoms with van der Waals surface area (Å²) >= 11 is 6.24. The number of halogens is 1. The van der Waals surface area contributed by atoms with Crippen LogP contribution in [-0.2, 0) is 16.1 Å². The minimum absolute atomic E-state index is 0.166. The summed E-state index contributed by atoms with van der Waals surface area (Å²) in [5.41, 5.74) is 2.63. The Kier molecular flexibility index (Phi) is 10.0. The van der Waals surface area contributed by atoms with Crippen molar-refractivity contribution in [1.82, 2.24) is 10.2 Å². The Hall–Kier alpha value is -2.73. The second-order valence-electron chi connectivity index (χ2n) is 8.60. The Morgan fingerprint density at radius 3 is 2.33 bits per heavy atom. The topological polar surface area (TPSA) is 67.9 Å². The van der Waals surface area contributed by atoms with Gasteiger partial charge in [0.05, 0.1) is 7.11 Å². The van der Waals surface area contributed by atoms with Crippen LogP contribution in [0.1, 0.15) is 43.9 Å². The van der Waals surface area contributed by atoms with Gasteiger partial charge in [-0.15, -0.1) is 0 Å². The highest BCUT2D eigenvalue weighted by atomic mass is 35.5. The SMILES string of the molecule is CCC(C(=O)NCC(C)C)N(Cc1cccc(OC)c1)C(=O)COc1cc(C)c(Cl)c(C)c1. The van der Waals surface area contributed by atoms with Crippen molar-refractivity contribution in [3.05, 3.63) is 58.1 Å². The minimum atomic E-state index is -0.611. The van der Waals surface area contributed by atoms with Gasteiger partial charge in [0.2, 0.25) is 5.91 Å². The molecule has 180 valence electrons. The van der Waals surface area contributed by atoms with Gasteiger partial charge in [0.25, 0.3) is 5.91 Å². The molecule has 0 bridgehead atoms. The van der Waals surface area contributed by atoms with Gasteiger partial charge in [0, 0.05) is 18.1 Å². The summed E-state index contributed by atoms with van der Waals surface area (Å²) in [6.45, 7) is 10.4. The first kappa shape index (κ1) is 26.5. The minimum Gasteiger partial charge on any atom is -0.497 e. The highest BCUT2D eigenvalue weighted by molar-refractivity contribution is 6.32. The van der Waals surface area contributed by atoms with Crippen LogP contribution >= 0.6 is 11.6 Å². The molecular formula is C26H35ClN2O4. The summed E-state index contributed by atoms with van der Waals surface area (Å²) < 4.78 is 11.1. The molecule has 0 aromatic heterocycles. The molecule has 0 aliphatic carbocycles. The third-order valence-corrected chi connectivity index (χ3v) is 5.93. The van der Waals surface area contributed by atoms with E-state index in [4.69, 9.17) is 21.1 Å². The molecule has 7 heteroatoms. The number of amides is 2. The zero-order chi connectivity index (χ0) is 24.5. The van der Waals surface area contributed by atoms with Crippen molar-refractivity contribution in [2.75, 3.05) is 20.3 Å². The van der Waals surface area contributed by atoms with Crippen molar-refractivity contribution in [3.63, 3.8) is 0 Å². The summed E-state index contributed by atoms with van der Waals surface area (Å²) in [6, 6.07) is 10.5. The fourth-order valence-electron chi connectivity index (χ4n) is 3.53. The molecule has 2 rings (SSSR count). The second-order valence-corrected chi connectivity index (χ2v) is 8.97. The smallest absolute Gasteiger partial charge is 0.261 e. The molecule has 0 radical (unpaired) electrons. The number of nitrogens with zero attached hydrogens (tertiary/aromatic N) is 1. The third kappa shape index (κ3) is 7.67. The number of benzene rings is 2. The van der Waals surface area contributed by atoms with Crippen molar-refractivity contribution in [2.24, 2.45) is 5.92 Å². The van der Waals surface area contributed by atoms with Crippen molar-refractivity contribution in [2.45, 2.75) is 53.6 Å². The van der Waals surface area contributed by atoms with Crippen molar-refractivity contribution >= 4 is 23.4 Å². The maximum atomic E-state index is 13.3. The Morgan fingerprint density at radius 1 is 1.09 bits per heavy atom. The van der Waals surface area contributed by atoms with Crippen LogP contribution in [0.3, 0.4) is 0 Å². The number of methoxy groups -OCH3 is 1. The van der Waals surface area contributed by atoms with Gasteiger partial charge in [-0.2, -0.15) is 0 Å². The monoisotopic (exact) mass is 474 g/mol. The van der Waals surface area contributed by atoms with E-state index in [1.54, 1.807) is 12.0 Å². The fraction of sp³-hybridized carbons (Fsp3) is 0.462. The number of hydrogen-bond donors (Lipinski definition) is 1. The maximum Gasteiger partial charge on any atom is 0.261 e. The molecule has 0 aliphatic heterocycles. The quantitative estimate of drug-likeness (QED) is 0.501. The van der Waals surface area contributed by atoms with Crippen LogP contribution < -0.4 is 14.8 Å². The number of rotatable bonds is 11. The fourth-order valence-corrected chi connectivity index (χ4v) is 3.64. The first-order valence-corrected chi connectivity index (χ1v) is 11.6. The summed E-state index contributed by atoms with van der Waals surface area (Å²) in [4.78, 5) is 27.9. The van der Waals surface area contributed by atoms with Gasteiger partial charge < -0.3 is 19.7 Å². The van der Waals surface area contributed by atoms with E-state index in [-0.39, 0.29) is 25.0 Å². The van der Waals surface area contributed by atoms with E-state index in [2.05, 4.69) is 5.32 Å². The van der Waals surface area contributed by atoms with Gasteiger partial charge in [-0.1, -0.05) is 44.5 Å². The predicted molar refractivity (Wildman–Crippen MR) is 132 cm³/mol. The average Bonchev–Trinajstić information content (AvgIpc) is 2.79. The molecule has 0 aliphatic rings. The van der Waals surface area contributed by atoms with Crippen LogP contribution in [0.5, 0.6) is 11.5 Å². The number of carbonyl (C=O) groups is 2. The number of ether oxygens (including phenoxy) is 2. The molecule has 2 aromatic rings.